The first kappa shape index (κ1) is 37.2. The Morgan fingerprint density at radius 1 is 0.615 bits per heavy atom. The first-order valence-corrected chi connectivity index (χ1v) is 14.9. The van der Waals surface area contributed by atoms with Gasteiger partial charge in [-0.05, 0) is 19.3 Å². The summed E-state index contributed by atoms with van der Waals surface area (Å²) >= 11 is 0. The summed E-state index contributed by atoms with van der Waals surface area (Å²) in [5.74, 6) is -2.05. The second-order valence-electron chi connectivity index (χ2n) is 10.3. The highest BCUT2D eigenvalue weighted by molar-refractivity contribution is 5.70. The fraction of sp³-hybridized carbons (Fsp3) is 0.897. The number of hydrogen-bond donors (Lipinski definition) is 2. The quantitative estimate of drug-likeness (QED) is 0.0559. The number of esters is 1. The molecule has 0 heterocycles. The van der Waals surface area contributed by atoms with E-state index >= 15 is 0 Å². The number of hydrogen-bond acceptors (Lipinski definition) is 10. The summed E-state index contributed by atoms with van der Waals surface area (Å²) in [6, 6.07) is 0. The van der Waals surface area contributed by atoms with Gasteiger partial charge in [-0.25, -0.2) is 9.59 Å². The second-order valence-corrected chi connectivity index (χ2v) is 10.3. The molecule has 10 nitrogen and oxygen atoms in total. The van der Waals surface area contributed by atoms with Crippen molar-refractivity contribution < 1.29 is 48.9 Å². The lowest BCUT2D eigenvalue weighted by molar-refractivity contribution is -0.339. The Hall–Kier alpha value is -1.75. The van der Waals surface area contributed by atoms with Crippen LogP contribution in [-0.4, -0.2) is 59.6 Å². The van der Waals surface area contributed by atoms with E-state index in [4.69, 9.17) is 9.62 Å². The number of carbonyl (C=O) groups is 3. The average Bonchev–Trinajstić information content (AvgIpc) is 2.88. The first-order valence-electron chi connectivity index (χ1n) is 14.9. The minimum atomic E-state index is -1.01. The smallest absolute Gasteiger partial charge is 0.339 e. The van der Waals surface area contributed by atoms with Crippen LogP contribution in [0.4, 0.5) is 0 Å². The van der Waals surface area contributed by atoms with Gasteiger partial charge in [-0.3, -0.25) is 14.6 Å². The molecule has 3 atom stereocenters. The number of unbranched alkanes of at least 4 members (excludes halogenated alkanes) is 12. The zero-order chi connectivity index (χ0) is 29.1. The maximum atomic E-state index is 12.0. The molecule has 0 aliphatic rings. The maximum Gasteiger partial charge on any atom is 0.339 e. The van der Waals surface area contributed by atoms with Crippen LogP contribution >= 0.6 is 0 Å². The Bertz CT molecular complexity index is 613. The van der Waals surface area contributed by atoms with E-state index in [1.165, 1.54) is 64.2 Å². The van der Waals surface area contributed by atoms with Crippen molar-refractivity contribution in [1.82, 2.24) is 0 Å². The predicted octanol–water partition coefficient (Wildman–Crippen LogP) is 5.65. The van der Waals surface area contributed by atoms with Crippen LogP contribution in [0.1, 0.15) is 136 Å². The van der Waals surface area contributed by atoms with Crippen molar-refractivity contribution in [2.24, 2.45) is 0 Å². The molecular weight excluding hydrogens is 508 g/mol. The van der Waals surface area contributed by atoms with E-state index < -0.39 is 30.1 Å². The molecule has 0 aromatic heterocycles. The molecule has 0 aromatic rings. The zero-order valence-corrected chi connectivity index (χ0v) is 24.5. The van der Waals surface area contributed by atoms with Crippen LogP contribution in [-0.2, 0) is 38.7 Å². The summed E-state index contributed by atoms with van der Waals surface area (Å²) in [6.07, 6.45) is 16.5. The molecule has 0 aliphatic carbocycles. The van der Waals surface area contributed by atoms with E-state index in [1.807, 2.05) is 0 Å². The molecule has 0 saturated carbocycles. The number of aliphatic hydroxyl groups is 2. The molecule has 0 saturated heterocycles. The molecular formula is C29H54O10. The fourth-order valence-electron chi connectivity index (χ4n) is 4.10. The van der Waals surface area contributed by atoms with Gasteiger partial charge in [0.05, 0.1) is 18.6 Å². The highest BCUT2D eigenvalue weighted by atomic mass is 17.2. The highest BCUT2D eigenvalue weighted by Gasteiger charge is 2.19. The topological polar surface area (TPSA) is 138 Å². The van der Waals surface area contributed by atoms with Gasteiger partial charge in [0.1, 0.15) is 13.2 Å². The minimum absolute atomic E-state index is 0.202. The summed E-state index contributed by atoms with van der Waals surface area (Å²) in [5, 5.41) is 20.3. The molecule has 0 aromatic carbocycles. The molecule has 2 N–H and O–H groups in total. The Morgan fingerprint density at radius 2 is 1.08 bits per heavy atom. The third-order valence-corrected chi connectivity index (χ3v) is 6.28. The fourth-order valence-corrected chi connectivity index (χ4v) is 4.10. The molecule has 0 radical (unpaired) electrons. The summed E-state index contributed by atoms with van der Waals surface area (Å²) < 4.78 is 5.04. The number of aliphatic hydroxyl groups excluding tert-OH is 2. The van der Waals surface area contributed by atoms with Gasteiger partial charge in [-0.15, -0.1) is 0 Å². The average molecular weight is 563 g/mol. The SMILES string of the molecule is CCCCCCCCCCCCCCC(O)CCCCC(O)CC(=O)OCC(COOC(C)=O)OOC(C)=O. The van der Waals surface area contributed by atoms with Crippen LogP contribution < -0.4 is 0 Å². The normalized spacial score (nSPS) is 13.5. The van der Waals surface area contributed by atoms with Crippen LogP contribution in [0, 0.1) is 0 Å². The van der Waals surface area contributed by atoms with E-state index in [2.05, 4.69) is 21.6 Å². The highest BCUT2D eigenvalue weighted by Crippen LogP contribution is 2.15. The van der Waals surface area contributed by atoms with Crippen molar-refractivity contribution >= 4 is 17.9 Å². The van der Waals surface area contributed by atoms with Crippen molar-refractivity contribution in [3.8, 4) is 0 Å². The Labute approximate surface area is 234 Å². The Balaban J connectivity index is 3.77. The lowest BCUT2D eigenvalue weighted by Gasteiger charge is -2.16. The van der Waals surface area contributed by atoms with Crippen LogP contribution in [0.25, 0.3) is 0 Å². The van der Waals surface area contributed by atoms with Gasteiger partial charge in [-0.1, -0.05) is 96.8 Å². The number of carbonyl (C=O) groups excluding carboxylic acids is 3. The van der Waals surface area contributed by atoms with Gasteiger partial charge in [0.2, 0.25) is 0 Å². The minimum Gasteiger partial charge on any atom is -0.463 e. The van der Waals surface area contributed by atoms with E-state index in [-0.39, 0.29) is 25.7 Å². The summed E-state index contributed by atoms with van der Waals surface area (Å²) in [4.78, 5) is 51.8. The van der Waals surface area contributed by atoms with E-state index in [0.717, 1.165) is 39.5 Å². The molecule has 230 valence electrons. The molecule has 0 spiro atoms. The molecule has 0 aliphatic heterocycles. The van der Waals surface area contributed by atoms with Gasteiger partial charge in [0, 0.05) is 13.8 Å². The third kappa shape index (κ3) is 27.6. The van der Waals surface area contributed by atoms with Gasteiger partial charge >= 0.3 is 17.9 Å². The number of rotatable bonds is 27. The third-order valence-electron chi connectivity index (χ3n) is 6.28. The van der Waals surface area contributed by atoms with Gasteiger partial charge in [0.25, 0.3) is 0 Å². The van der Waals surface area contributed by atoms with E-state index in [9.17, 15) is 24.6 Å². The molecule has 3 unspecified atom stereocenters. The predicted molar refractivity (Wildman–Crippen MR) is 146 cm³/mol. The zero-order valence-electron chi connectivity index (χ0n) is 24.5. The van der Waals surface area contributed by atoms with Crippen molar-refractivity contribution in [2.45, 2.75) is 155 Å². The van der Waals surface area contributed by atoms with Gasteiger partial charge < -0.3 is 14.9 Å². The molecule has 0 rings (SSSR count). The lowest BCUT2D eigenvalue weighted by Crippen LogP contribution is -2.29. The van der Waals surface area contributed by atoms with Crippen LogP contribution in [0.5, 0.6) is 0 Å². The molecule has 0 amide bonds. The van der Waals surface area contributed by atoms with E-state index in [0.29, 0.717) is 19.3 Å². The lowest BCUT2D eigenvalue weighted by atomic mass is 10.0. The first-order chi connectivity index (χ1) is 18.7. The van der Waals surface area contributed by atoms with Crippen molar-refractivity contribution in [2.75, 3.05) is 13.2 Å². The second kappa shape index (κ2) is 26.5. The summed E-state index contributed by atoms with van der Waals surface area (Å²) in [5.41, 5.74) is 0. The monoisotopic (exact) mass is 562 g/mol. The molecule has 0 bridgehead atoms. The summed E-state index contributed by atoms with van der Waals surface area (Å²) in [6.45, 7) is 3.86. The van der Waals surface area contributed by atoms with Crippen LogP contribution in [0.3, 0.4) is 0 Å². The van der Waals surface area contributed by atoms with Crippen molar-refractivity contribution in [3.05, 3.63) is 0 Å². The summed E-state index contributed by atoms with van der Waals surface area (Å²) in [7, 11) is 0. The van der Waals surface area contributed by atoms with Gasteiger partial charge in [-0.2, -0.15) is 9.78 Å². The molecule has 39 heavy (non-hydrogen) atoms. The standard InChI is InChI=1S/C29H54O10/c1-4-5-6-7-8-9-10-11-12-13-14-15-18-26(32)19-16-17-20-27(33)21-29(34)35-22-28(39-38-25(3)31)23-36-37-24(2)30/h26-28,32-33H,4-23H2,1-3H3. The van der Waals surface area contributed by atoms with Crippen LogP contribution in [0.15, 0.2) is 0 Å². The van der Waals surface area contributed by atoms with Crippen LogP contribution in [0.2, 0.25) is 0 Å². The van der Waals surface area contributed by atoms with Crippen molar-refractivity contribution in [1.29, 1.82) is 0 Å². The maximum absolute atomic E-state index is 12.0. The Morgan fingerprint density at radius 3 is 1.59 bits per heavy atom. The largest absolute Gasteiger partial charge is 0.463 e. The molecule has 0 fully saturated rings. The van der Waals surface area contributed by atoms with Crippen molar-refractivity contribution in [3.63, 3.8) is 0 Å². The Kier molecular flexibility index (Phi) is 25.3. The number of ether oxygens (including phenoxy) is 1. The molecule has 10 heteroatoms. The van der Waals surface area contributed by atoms with E-state index in [1.54, 1.807) is 0 Å². The van der Waals surface area contributed by atoms with Gasteiger partial charge in [0.15, 0.2) is 6.10 Å².